The van der Waals surface area contributed by atoms with Gasteiger partial charge in [-0.05, 0) is 31.1 Å². The fraction of sp³-hybridized carbons (Fsp3) is 0.333. The molecule has 4 nitrogen and oxygen atoms in total. The average molecular weight is 332 g/mol. The zero-order valence-corrected chi connectivity index (χ0v) is 14.7. The van der Waals surface area contributed by atoms with Gasteiger partial charge in [0, 0.05) is 30.9 Å². The van der Waals surface area contributed by atoms with E-state index in [0.29, 0.717) is 11.1 Å². The van der Waals surface area contributed by atoms with Crippen molar-refractivity contribution in [1.82, 2.24) is 9.78 Å². The Morgan fingerprint density at radius 3 is 2.61 bits per heavy atom. The van der Waals surface area contributed by atoms with Gasteiger partial charge in [-0.25, -0.2) is 0 Å². The standard InChI is InChI=1S/C18H22ClN3O/c1-13(2)12-22-18(19)16(14(3)20-22)10-11-17(23)21(4)15-8-6-5-7-9-15/h5-11,13H,12H2,1-4H3/b11-10+. The number of nitrogens with zero attached hydrogens (tertiary/aromatic N) is 3. The molecule has 1 amide bonds. The summed E-state index contributed by atoms with van der Waals surface area (Å²) < 4.78 is 1.78. The molecule has 0 aliphatic carbocycles. The summed E-state index contributed by atoms with van der Waals surface area (Å²) in [6.45, 7) is 6.88. The molecule has 1 aromatic carbocycles. The Bertz CT molecular complexity index is 705. The van der Waals surface area contributed by atoms with Crippen LogP contribution in [0.25, 0.3) is 6.08 Å². The van der Waals surface area contributed by atoms with Crippen molar-refractivity contribution in [1.29, 1.82) is 0 Å². The van der Waals surface area contributed by atoms with Crippen molar-refractivity contribution in [3.05, 3.63) is 52.8 Å². The number of para-hydroxylation sites is 1. The van der Waals surface area contributed by atoms with Gasteiger partial charge in [-0.1, -0.05) is 43.6 Å². The van der Waals surface area contributed by atoms with Crippen molar-refractivity contribution >= 4 is 29.3 Å². The monoisotopic (exact) mass is 331 g/mol. The summed E-state index contributed by atoms with van der Waals surface area (Å²) in [6.07, 6.45) is 3.27. The van der Waals surface area contributed by atoms with E-state index in [9.17, 15) is 4.79 Å². The van der Waals surface area contributed by atoms with Gasteiger partial charge in [-0.15, -0.1) is 0 Å². The van der Waals surface area contributed by atoms with Gasteiger partial charge < -0.3 is 4.90 Å². The van der Waals surface area contributed by atoms with Gasteiger partial charge in [-0.2, -0.15) is 5.10 Å². The molecule has 0 fully saturated rings. The second kappa shape index (κ2) is 7.47. The van der Waals surface area contributed by atoms with Gasteiger partial charge >= 0.3 is 0 Å². The number of rotatable bonds is 5. The number of anilines is 1. The number of aryl methyl sites for hydroxylation is 1. The van der Waals surface area contributed by atoms with E-state index in [1.807, 2.05) is 37.3 Å². The lowest BCUT2D eigenvalue weighted by Gasteiger charge is -2.14. The minimum absolute atomic E-state index is 0.108. The summed E-state index contributed by atoms with van der Waals surface area (Å²) in [5.41, 5.74) is 2.46. The Labute approximate surface area is 142 Å². The maximum Gasteiger partial charge on any atom is 0.250 e. The molecule has 0 unspecified atom stereocenters. The number of aromatic nitrogens is 2. The average Bonchev–Trinajstić information content (AvgIpc) is 2.78. The molecule has 0 aliphatic heterocycles. The van der Waals surface area contributed by atoms with E-state index in [1.165, 1.54) is 6.08 Å². The zero-order chi connectivity index (χ0) is 17.0. The van der Waals surface area contributed by atoms with E-state index in [-0.39, 0.29) is 5.91 Å². The number of hydrogen-bond acceptors (Lipinski definition) is 2. The van der Waals surface area contributed by atoms with Gasteiger partial charge in [0.2, 0.25) is 0 Å². The van der Waals surface area contributed by atoms with Crippen molar-refractivity contribution in [2.45, 2.75) is 27.3 Å². The lowest BCUT2D eigenvalue weighted by Crippen LogP contribution is -2.23. The number of benzene rings is 1. The second-order valence-corrected chi connectivity index (χ2v) is 6.29. The van der Waals surface area contributed by atoms with Gasteiger partial charge in [0.15, 0.2) is 0 Å². The van der Waals surface area contributed by atoms with Crippen LogP contribution in [0.3, 0.4) is 0 Å². The first-order valence-corrected chi connectivity index (χ1v) is 8.01. The lowest BCUT2D eigenvalue weighted by atomic mass is 10.2. The largest absolute Gasteiger partial charge is 0.312 e. The topological polar surface area (TPSA) is 38.1 Å². The van der Waals surface area contributed by atoms with Crippen molar-refractivity contribution in [3.8, 4) is 0 Å². The predicted octanol–water partition coefficient (Wildman–Crippen LogP) is 4.18. The van der Waals surface area contributed by atoms with Gasteiger partial charge in [-0.3, -0.25) is 9.48 Å². The van der Waals surface area contributed by atoms with Crippen LogP contribution in [0.1, 0.15) is 25.1 Å². The van der Waals surface area contributed by atoms with Crippen LogP contribution < -0.4 is 4.90 Å². The van der Waals surface area contributed by atoms with Crippen LogP contribution in [0.5, 0.6) is 0 Å². The predicted molar refractivity (Wildman–Crippen MR) is 95.7 cm³/mol. The number of carbonyl (C=O) groups is 1. The van der Waals surface area contributed by atoms with E-state index in [1.54, 1.807) is 22.7 Å². The Balaban J connectivity index is 2.17. The van der Waals surface area contributed by atoms with Crippen molar-refractivity contribution in [2.75, 3.05) is 11.9 Å². The van der Waals surface area contributed by atoms with Crippen LogP contribution in [-0.2, 0) is 11.3 Å². The molecule has 5 heteroatoms. The third-order valence-corrected chi connectivity index (χ3v) is 3.91. The fourth-order valence-electron chi connectivity index (χ4n) is 2.27. The lowest BCUT2D eigenvalue weighted by molar-refractivity contribution is -0.113. The van der Waals surface area contributed by atoms with Crippen molar-refractivity contribution in [3.63, 3.8) is 0 Å². The highest BCUT2D eigenvalue weighted by Gasteiger charge is 2.13. The SMILES string of the molecule is Cc1nn(CC(C)C)c(Cl)c1/C=C/C(=O)N(C)c1ccccc1. The minimum atomic E-state index is -0.108. The summed E-state index contributed by atoms with van der Waals surface area (Å²) >= 11 is 6.38. The number of likely N-dealkylation sites (N-methyl/N-ethyl adjacent to an activating group) is 1. The molecule has 0 saturated heterocycles. The third-order valence-electron chi connectivity index (χ3n) is 3.51. The third kappa shape index (κ3) is 4.23. The molecular weight excluding hydrogens is 310 g/mol. The first kappa shape index (κ1) is 17.3. The normalized spacial score (nSPS) is 11.4. The van der Waals surface area contributed by atoms with Crippen LogP contribution in [0.2, 0.25) is 5.15 Å². The maximum absolute atomic E-state index is 12.3. The number of halogens is 1. The molecule has 0 saturated carbocycles. The highest BCUT2D eigenvalue weighted by Crippen LogP contribution is 2.22. The second-order valence-electron chi connectivity index (χ2n) is 5.93. The highest BCUT2D eigenvalue weighted by atomic mass is 35.5. The van der Waals surface area contributed by atoms with Gasteiger partial charge in [0.25, 0.3) is 5.91 Å². The molecule has 122 valence electrons. The van der Waals surface area contributed by atoms with E-state index >= 15 is 0 Å². The molecule has 2 aromatic rings. The Hall–Kier alpha value is -2.07. The van der Waals surface area contributed by atoms with Crippen molar-refractivity contribution in [2.24, 2.45) is 5.92 Å². The highest BCUT2D eigenvalue weighted by molar-refractivity contribution is 6.31. The summed E-state index contributed by atoms with van der Waals surface area (Å²) in [7, 11) is 1.75. The number of amides is 1. The molecule has 0 N–H and O–H groups in total. The summed E-state index contributed by atoms with van der Waals surface area (Å²) in [5.74, 6) is 0.345. The fourth-order valence-corrected chi connectivity index (χ4v) is 2.58. The van der Waals surface area contributed by atoms with Gasteiger partial charge in [0.1, 0.15) is 5.15 Å². The maximum atomic E-state index is 12.3. The molecule has 0 atom stereocenters. The quantitative estimate of drug-likeness (QED) is 0.771. The molecule has 23 heavy (non-hydrogen) atoms. The van der Waals surface area contributed by atoms with Crippen LogP contribution in [0.4, 0.5) is 5.69 Å². The van der Waals surface area contributed by atoms with Crippen LogP contribution >= 0.6 is 11.6 Å². The first-order valence-electron chi connectivity index (χ1n) is 7.64. The molecule has 2 rings (SSSR count). The zero-order valence-electron chi connectivity index (χ0n) is 14.0. The molecule has 1 heterocycles. The molecule has 0 radical (unpaired) electrons. The van der Waals surface area contributed by atoms with Crippen molar-refractivity contribution < 1.29 is 4.79 Å². The molecule has 0 spiro atoms. The Morgan fingerprint density at radius 2 is 2.00 bits per heavy atom. The number of carbonyl (C=O) groups excluding carboxylic acids is 1. The summed E-state index contributed by atoms with van der Waals surface area (Å²) in [5, 5.41) is 5.01. The number of hydrogen-bond donors (Lipinski definition) is 0. The molecule has 0 aliphatic rings. The van der Waals surface area contributed by atoms with E-state index in [2.05, 4.69) is 18.9 Å². The summed E-state index contributed by atoms with van der Waals surface area (Å²) in [4.78, 5) is 13.9. The van der Waals surface area contributed by atoms with Crippen LogP contribution in [-0.4, -0.2) is 22.7 Å². The molecular formula is C18H22ClN3O. The summed E-state index contributed by atoms with van der Waals surface area (Å²) in [6, 6.07) is 9.51. The van der Waals surface area contributed by atoms with E-state index in [0.717, 1.165) is 23.5 Å². The van der Waals surface area contributed by atoms with Gasteiger partial charge in [0.05, 0.1) is 5.69 Å². The smallest absolute Gasteiger partial charge is 0.250 e. The Kier molecular flexibility index (Phi) is 5.61. The molecule has 0 bridgehead atoms. The minimum Gasteiger partial charge on any atom is -0.312 e. The van der Waals surface area contributed by atoms with E-state index in [4.69, 9.17) is 11.6 Å². The van der Waals surface area contributed by atoms with Crippen LogP contribution in [0.15, 0.2) is 36.4 Å². The molecule has 1 aromatic heterocycles. The van der Waals surface area contributed by atoms with E-state index < -0.39 is 0 Å². The van der Waals surface area contributed by atoms with Crippen LogP contribution in [0, 0.1) is 12.8 Å². The Morgan fingerprint density at radius 1 is 1.35 bits per heavy atom. The first-order chi connectivity index (χ1) is 10.9.